The summed E-state index contributed by atoms with van der Waals surface area (Å²) in [5, 5.41) is 10.3. The molecule has 96 valence electrons. The van der Waals surface area contributed by atoms with Crippen LogP contribution in [-0.4, -0.2) is 29.8 Å². The van der Waals surface area contributed by atoms with Crippen LogP contribution in [0.1, 0.15) is 25.7 Å². The molecular formula is C12H16N4O2. The molecule has 0 unspecified atom stereocenters. The van der Waals surface area contributed by atoms with Crippen LogP contribution in [0.4, 0.5) is 0 Å². The number of nitrogens with zero attached hydrogens (tertiary/aromatic N) is 4. The molecule has 1 fully saturated rings. The molecular weight excluding hydrogens is 232 g/mol. The third kappa shape index (κ3) is 1.73. The maximum atomic E-state index is 12.2. The van der Waals surface area contributed by atoms with Gasteiger partial charge < -0.3 is 9.67 Å². The van der Waals surface area contributed by atoms with Crippen LogP contribution >= 0.6 is 0 Å². The minimum atomic E-state index is -0.756. The van der Waals surface area contributed by atoms with Gasteiger partial charge in [0.05, 0.1) is 18.5 Å². The highest BCUT2D eigenvalue weighted by molar-refractivity contribution is 5.68. The number of fused-ring (bicyclic) bond motifs is 1. The fourth-order valence-corrected chi connectivity index (χ4v) is 2.66. The highest BCUT2D eigenvalue weighted by Gasteiger charge is 2.32. The summed E-state index contributed by atoms with van der Waals surface area (Å²) in [4.78, 5) is 20.5. The molecule has 0 spiro atoms. The van der Waals surface area contributed by atoms with E-state index in [0.717, 1.165) is 25.7 Å². The lowest BCUT2D eigenvalue weighted by Crippen LogP contribution is -2.35. The number of rotatable bonds is 2. The summed E-state index contributed by atoms with van der Waals surface area (Å²) < 4.78 is 3.19. The Morgan fingerprint density at radius 3 is 2.78 bits per heavy atom. The zero-order valence-electron chi connectivity index (χ0n) is 10.3. The maximum Gasteiger partial charge on any atom is 0.281 e. The maximum absolute atomic E-state index is 12.2. The number of hydrogen-bond acceptors (Lipinski definition) is 4. The minimum Gasteiger partial charge on any atom is -0.388 e. The van der Waals surface area contributed by atoms with E-state index in [2.05, 4.69) is 9.97 Å². The Balaban J connectivity index is 2.02. The standard InChI is InChI=1S/C12H16N4O2/c1-15-7-13-9-10(15)14-8-16(11(9)17)6-12(18)4-2-3-5-12/h7-8,18H,2-6H2,1H3. The summed E-state index contributed by atoms with van der Waals surface area (Å²) in [5.74, 6) is 0. The SMILES string of the molecule is Cn1cnc2c(=O)n(CC3(O)CCCC3)cnc21. The molecule has 0 radical (unpaired) electrons. The van der Waals surface area contributed by atoms with Gasteiger partial charge >= 0.3 is 0 Å². The summed E-state index contributed by atoms with van der Waals surface area (Å²) >= 11 is 0. The molecule has 0 aliphatic heterocycles. The largest absolute Gasteiger partial charge is 0.388 e. The fraction of sp³-hybridized carbons (Fsp3) is 0.583. The topological polar surface area (TPSA) is 72.9 Å². The van der Waals surface area contributed by atoms with Crippen LogP contribution in [0.25, 0.3) is 11.2 Å². The lowest BCUT2D eigenvalue weighted by atomic mass is 10.0. The van der Waals surface area contributed by atoms with Gasteiger partial charge in [-0.15, -0.1) is 0 Å². The van der Waals surface area contributed by atoms with E-state index in [1.54, 1.807) is 17.9 Å². The van der Waals surface area contributed by atoms with Gasteiger partial charge in [0, 0.05) is 7.05 Å². The van der Waals surface area contributed by atoms with E-state index in [1.165, 1.54) is 10.9 Å². The molecule has 1 aliphatic carbocycles. The lowest BCUT2D eigenvalue weighted by Gasteiger charge is -2.22. The molecule has 6 heteroatoms. The predicted molar refractivity (Wildman–Crippen MR) is 66.2 cm³/mol. The molecule has 0 amide bonds. The first-order valence-electron chi connectivity index (χ1n) is 6.18. The number of aliphatic hydroxyl groups is 1. The molecule has 6 nitrogen and oxygen atoms in total. The molecule has 1 aliphatic rings. The van der Waals surface area contributed by atoms with Crippen molar-refractivity contribution in [3.8, 4) is 0 Å². The van der Waals surface area contributed by atoms with Crippen LogP contribution in [0.15, 0.2) is 17.4 Å². The second kappa shape index (κ2) is 3.91. The van der Waals surface area contributed by atoms with E-state index in [9.17, 15) is 9.90 Å². The van der Waals surface area contributed by atoms with Crippen molar-refractivity contribution >= 4 is 11.2 Å². The second-order valence-electron chi connectivity index (χ2n) is 5.14. The molecule has 0 aromatic carbocycles. The van der Waals surface area contributed by atoms with Gasteiger partial charge in [-0.05, 0) is 12.8 Å². The van der Waals surface area contributed by atoms with Crippen LogP contribution in [-0.2, 0) is 13.6 Å². The highest BCUT2D eigenvalue weighted by Crippen LogP contribution is 2.30. The molecule has 0 bridgehead atoms. The van der Waals surface area contributed by atoms with Gasteiger partial charge in [-0.2, -0.15) is 0 Å². The zero-order valence-corrected chi connectivity index (χ0v) is 10.3. The molecule has 1 N–H and O–H groups in total. The second-order valence-corrected chi connectivity index (χ2v) is 5.14. The quantitative estimate of drug-likeness (QED) is 0.836. The summed E-state index contributed by atoms with van der Waals surface area (Å²) in [6.45, 7) is 0.311. The Labute approximate surface area is 104 Å². The Kier molecular flexibility index (Phi) is 2.48. The van der Waals surface area contributed by atoms with E-state index >= 15 is 0 Å². The van der Waals surface area contributed by atoms with Crippen molar-refractivity contribution in [2.45, 2.75) is 37.8 Å². The predicted octanol–water partition coefficient (Wildman–Crippen LogP) is 0.435. The van der Waals surface area contributed by atoms with Crippen molar-refractivity contribution in [1.29, 1.82) is 0 Å². The third-order valence-electron chi connectivity index (χ3n) is 3.69. The van der Waals surface area contributed by atoms with Crippen LogP contribution in [0, 0.1) is 0 Å². The Morgan fingerprint density at radius 2 is 2.06 bits per heavy atom. The van der Waals surface area contributed by atoms with Crippen molar-refractivity contribution in [3.63, 3.8) is 0 Å². The summed E-state index contributed by atoms with van der Waals surface area (Å²) in [7, 11) is 1.80. The monoisotopic (exact) mass is 248 g/mol. The Morgan fingerprint density at radius 1 is 1.33 bits per heavy atom. The first-order valence-corrected chi connectivity index (χ1v) is 6.18. The number of hydrogen-bond donors (Lipinski definition) is 1. The van der Waals surface area contributed by atoms with Gasteiger partial charge in [-0.25, -0.2) is 9.97 Å². The summed E-state index contributed by atoms with van der Waals surface area (Å²) in [6, 6.07) is 0. The summed E-state index contributed by atoms with van der Waals surface area (Å²) in [6.07, 6.45) is 6.62. The van der Waals surface area contributed by atoms with Crippen LogP contribution < -0.4 is 5.56 Å². The van der Waals surface area contributed by atoms with E-state index in [1.807, 2.05) is 0 Å². The Bertz CT molecular complexity index is 637. The van der Waals surface area contributed by atoms with Crippen molar-refractivity contribution in [2.75, 3.05) is 0 Å². The number of aromatic nitrogens is 4. The molecule has 0 saturated heterocycles. The average Bonchev–Trinajstić information content (AvgIpc) is 2.91. The fourth-order valence-electron chi connectivity index (χ4n) is 2.66. The van der Waals surface area contributed by atoms with Gasteiger partial charge in [0.1, 0.15) is 6.33 Å². The third-order valence-corrected chi connectivity index (χ3v) is 3.69. The van der Waals surface area contributed by atoms with Crippen molar-refractivity contribution in [2.24, 2.45) is 7.05 Å². The van der Waals surface area contributed by atoms with Crippen LogP contribution in [0.2, 0.25) is 0 Å². The smallest absolute Gasteiger partial charge is 0.281 e. The first-order chi connectivity index (χ1) is 8.59. The van der Waals surface area contributed by atoms with Gasteiger partial charge in [-0.3, -0.25) is 9.36 Å². The van der Waals surface area contributed by atoms with Crippen LogP contribution in [0.3, 0.4) is 0 Å². The molecule has 2 aromatic rings. The van der Waals surface area contributed by atoms with E-state index in [4.69, 9.17) is 0 Å². The number of imidazole rings is 1. The van der Waals surface area contributed by atoms with E-state index in [-0.39, 0.29) is 5.56 Å². The van der Waals surface area contributed by atoms with Crippen molar-refractivity contribution in [1.82, 2.24) is 19.1 Å². The molecule has 18 heavy (non-hydrogen) atoms. The average molecular weight is 248 g/mol. The Hall–Kier alpha value is -1.69. The minimum absolute atomic E-state index is 0.180. The molecule has 2 aromatic heterocycles. The van der Waals surface area contributed by atoms with Crippen molar-refractivity contribution in [3.05, 3.63) is 23.0 Å². The number of aryl methyl sites for hydroxylation is 1. The van der Waals surface area contributed by atoms with Crippen molar-refractivity contribution < 1.29 is 5.11 Å². The van der Waals surface area contributed by atoms with Crippen LogP contribution in [0.5, 0.6) is 0 Å². The first kappa shape index (κ1) is 11.4. The van der Waals surface area contributed by atoms with Gasteiger partial charge in [0.2, 0.25) is 0 Å². The van der Waals surface area contributed by atoms with E-state index < -0.39 is 5.60 Å². The molecule has 3 rings (SSSR count). The highest BCUT2D eigenvalue weighted by atomic mass is 16.3. The lowest BCUT2D eigenvalue weighted by molar-refractivity contribution is 0.0288. The molecule has 2 heterocycles. The zero-order chi connectivity index (χ0) is 12.8. The molecule has 0 atom stereocenters. The van der Waals surface area contributed by atoms with Gasteiger partial charge in [-0.1, -0.05) is 12.8 Å². The summed E-state index contributed by atoms with van der Waals surface area (Å²) in [5.41, 5.74) is 0.00529. The molecule has 1 saturated carbocycles. The van der Waals surface area contributed by atoms with Gasteiger partial charge in [0.25, 0.3) is 5.56 Å². The normalized spacial score (nSPS) is 18.6. The van der Waals surface area contributed by atoms with Gasteiger partial charge in [0.15, 0.2) is 11.2 Å². The van der Waals surface area contributed by atoms with E-state index in [0.29, 0.717) is 17.7 Å².